The molecule has 0 saturated carbocycles. The van der Waals surface area contributed by atoms with E-state index in [1.165, 1.54) is 11.8 Å². The normalized spacial score (nSPS) is 19.4. The molecule has 1 N–H and O–H groups in total. The Hall–Kier alpha value is -2.73. The number of aliphatic imine (C=N–C) groups is 1. The molecule has 0 aromatic heterocycles. The van der Waals surface area contributed by atoms with E-state index < -0.39 is 0 Å². The number of nitrogens with one attached hydrogen (secondary N) is 1. The molecule has 1 fully saturated rings. The summed E-state index contributed by atoms with van der Waals surface area (Å²) in [7, 11) is 0. The molecule has 0 unspecified atom stereocenters. The fourth-order valence-electron chi connectivity index (χ4n) is 2.25. The number of rotatable bonds is 2. The molecule has 0 radical (unpaired) electrons. The zero-order valence-corrected chi connectivity index (χ0v) is 12.8. The van der Waals surface area contributed by atoms with Gasteiger partial charge in [0, 0.05) is 0 Å². The van der Waals surface area contributed by atoms with Crippen LogP contribution in [0, 0.1) is 0 Å². The lowest BCUT2D eigenvalue weighted by molar-refractivity contribution is -0.115. The maximum atomic E-state index is 12.1. The van der Waals surface area contributed by atoms with Gasteiger partial charge in [0.2, 0.25) is 6.79 Å². The van der Waals surface area contributed by atoms with E-state index in [0.717, 1.165) is 17.0 Å². The second kappa shape index (κ2) is 5.81. The van der Waals surface area contributed by atoms with E-state index >= 15 is 0 Å². The van der Waals surface area contributed by atoms with Crippen molar-refractivity contribution in [2.75, 3.05) is 6.79 Å². The van der Waals surface area contributed by atoms with Gasteiger partial charge < -0.3 is 14.8 Å². The summed E-state index contributed by atoms with van der Waals surface area (Å²) in [5, 5.41) is 3.35. The van der Waals surface area contributed by atoms with Crippen molar-refractivity contribution in [2.45, 2.75) is 0 Å². The van der Waals surface area contributed by atoms with Gasteiger partial charge in [-0.2, -0.15) is 0 Å². The Labute approximate surface area is 137 Å². The lowest BCUT2D eigenvalue weighted by Crippen LogP contribution is -2.19. The molecule has 4 rings (SSSR count). The maximum Gasteiger partial charge on any atom is 0.264 e. The minimum Gasteiger partial charge on any atom is -0.454 e. The first-order valence-corrected chi connectivity index (χ1v) is 7.84. The average Bonchev–Trinajstić information content (AvgIpc) is 3.15. The van der Waals surface area contributed by atoms with Gasteiger partial charge >= 0.3 is 0 Å². The minimum atomic E-state index is -0.151. The number of thioether (sulfide) groups is 1. The Bertz CT molecular complexity index is 831. The molecule has 1 amide bonds. The minimum absolute atomic E-state index is 0.151. The third-order valence-corrected chi connectivity index (χ3v) is 4.24. The Morgan fingerprint density at radius 2 is 1.91 bits per heavy atom. The summed E-state index contributed by atoms with van der Waals surface area (Å²) in [6.07, 6.45) is 1.81. The molecule has 6 heteroatoms. The Morgan fingerprint density at radius 1 is 1.09 bits per heavy atom. The molecule has 0 spiro atoms. The van der Waals surface area contributed by atoms with Gasteiger partial charge in [-0.05, 0) is 47.7 Å². The van der Waals surface area contributed by atoms with Gasteiger partial charge in [-0.1, -0.05) is 24.3 Å². The van der Waals surface area contributed by atoms with Crippen molar-refractivity contribution in [2.24, 2.45) is 4.99 Å². The van der Waals surface area contributed by atoms with Crippen LogP contribution in [0.5, 0.6) is 11.5 Å². The second-order valence-corrected chi connectivity index (χ2v) is 5.96. The number of ether oxygens (including phenoxy) is 2. The zero-order chi connectivity index (χ0) is 15.6. The highest BCUT2D eigenvalue weighted by Crippen LogP contribution is 2.34. The van der Waals surface area contributed by atoms with E-state index in [2.05, 4.69) is 10.3 Å². The third-order valence-electron chi connectivity index (χ3n) is 3.33. The fourth-order valence-corrected chi connectivity index (χ4v) is 3.10. The lowest BCUT2D eigenvalue weighted by atomic mass is 10.2. The van der Waals surface area contributed by atoms with Crippen molar-refractivity contribution in [1.29, 1.82) is 0 Å². The quantitative estimate of drug-likeness (QED) is 0.861. The van der Waals surface area contributed by atoms with E-state index in [1.807, 2.05) is 54.6 Å². The predicted molar refractivity (Wildman–Crippen MR) is 89.8 cm³/mol. The van der Waals surface area contributed by atoms with E-state index in [1.54, 1.807) is 0 Å². The standard InChI is InChI=1S/C17H12N2O3S/c20-16-15(9-11-6-7-13-14(8-11)22-10-21-13)23-17(19-16)18-12-4-2-1-3-5-12/h1-9H,10H2,(H,18,19,20). The topological polar surface area (TPSA) is 59.9 Å². The third kappa shape index (κ3) is 2.93. The number of carbonyl (C=O) groups is 1. The summed E-state index contributed by atoms with van der Waals surface area (Å²) in [5.74, 6) is 1.27. The van der Waals surface area contributed by atoms with E-state index in [9.17, 15) is 4.79 Å². The highest BCUT2D eigenvalue weighted by atomic mass is 32.2. The molecule has 23 heavy (non-hydrogen) atoms. The second-order valence-electron chi connectivity index (χ2n) is 4.93. The Balaban J connectivity index is 1.58. The number of hydrogen-bond acceptors (Lipinski definition) is 5. The molecule has 2 aliphatic rings. The summed E-state index contributed by atoms with van der Waals surface area (Å²) >= 11 is 1.32. The van der Waals surface area contributed by atoms with Crippen LogP contribution < -0.4 is 14.8 Å². The highest BCUT2D eigenvalue weighted by molar-refractivity contribution is 8.18. The van der Waals surface area contributed by atoms with Crippen LogP contribution in [0.15, 0.2) is 58.4 Å². The smallest absolute Gasteiger partial charge is 0.264 e. The number of carbonyl (C=O) groups excluding carboxylic acids is 1. The van der Waals surface area contributed by atoms with Crippen molar-refractivity contribution in [1.82, 2.24) is 5.32 Å². The van der Waals surface area contributed by atoms with Gasteiger partial charge in [0.1, 0.15) is 0 Å². The van der Waals surface area contributed by atoms with E-state index in [-0.39, 0.29) is 12.7 Å². The van der Waals surface area contributed by atoms with Crippen molar-refractivity contribution >= 4 is 34.6 Å². The summed E-state index contributed by atoms with van der Waals surface area (Å²) < 4.78 is 10.6. The molecule has 0 bridgehead atoms. The predicted octanol–water partition coefficient (Wildman–Crippen LogP) is 3.31. The monoisotopic (exact) mass is 324 g/mol. The number of hydrogen-bond donors (Lipinski definition) is 1. The fraction of sp³-hybridized carbons (Fsp3) is 0.0588. The number of amides is 1. The Kier molecular flexibility index (Phi) is 3.51. The van der Waals surface area contributed by atoms with Crippen molar-refractivity contribution in [3.05, 3.63) is 59.0 Å². The summed E-state index contributed by atoms with van der Waals surface area (Å²) in [6.45, 7) is 0.235. The van der Waals surface area contributed by atoms with Gasteiger partial charge in [-0.25, -0.2) is 4.99 Å². The van der Waals surface area contributed by atoms with Gasteiger partial charge in [-0.3, -0.25) is 4.79 Å². The number of fused-ring (bicyclic) bond motifs is 1. The van der Waals surface area contributed by atoms with Crippen molar-refractivity contribution < 1.29 is 14.3 Å². The lowest BCUT2D eigenvalue weighted by Gasteiger charge is -1.98. The van der Waals surface area contributed by atoms with Crippen molar-refractivity contribution in [3.63, 3.8) is 0 Å². The SMILES string of the molecule is O=C1NC(=Nc2ccccc2)SC1=Cc1ccc2c(c1)OCO2. The first-order chi connectivity index (χ1) is 11.3. The number of para-hydroxylation sites is 1. The van der Waals surface area contributed by atoms with Crippen LogP contribution in [0.1, 0.15) is 5.56 Å². The van der Waals surface area contributed by atoms with Gasteiger partial charge in [0.05, 0.1) is 10.6 Å². The Morgan fingerprint density at radius 3 is 2.78 bits per heavy atom. The molecule has 2 aromatic carbocycles. The van der Waals surface area contributed by atoms with E-state index in [0.29, 0.717) is 15.8 Å². The molecule has 5 nitrogen and oxygen atoms in total. The molecular weight excluding hydrogens is 312 g/mol. The average molecular weight is 324 g/mol. The van der Waals surface area contributed by atoms with Crippen LogP contribution in [0.2, 0.25) is 0 Å². The molecule has 0 aliphatic carbocycles. The summed E-state index contributed by atoms with van der Waals surface area (Å²) in [6, 6.07) is 15.1. The molecule has 2 heterocycles. The molecule has 2 aromatic rings. The first kappa shape index (κ1) is 13.9. The van der Waals surface area contributed by atoms with Gasteiger partial charge in [0.25, 0.3) is 5.91 Å². The molecule has 114 valence electrons. The van der Waals surface area contributed by atoms with Crippen LogP contribution in [-0.4, -0.2) is 17.9 Å². The van der Waals surface area contributed by atoms with Crippen LogP contribution in [-0.2, 0) is 4.79 Å². The van der Waals surface area contributed by atoms with Crippen LogP contribution in [0.25, 0.3) is 6.08 Å². The van der Waals surface area contributed by atoms with Gasteiger partial charge in [0.15, 0.2) is 16.7 Å². The number of amidine groups is 1. The van der Waals surface area contributed by atoms with Crippen LogP contribution >= 0.6 is 11.8 Å². The van der Waals surface area contributed by atoms with Crippen molar-refractivity contribution in [3.8, 4) is 11.5 Å². The summed E-state index contributed by atoms with van der Waals surface area (Å²) in [4.78, 5) is 17.1. The largest absolute Gasteiger partial charge is 0.454 e. The zero-order valence-electron chi connectivity index (χ0n) is 12.0. The molecule has 0 atom stereocenters. The highest BCUT2D eigenvalue weighted by Gasteiger charge is 2.24. The number of nitrogens with zero attached hydrogens (tertiary/aromatic N) is 1. The van der Waals surface area contributed by atoms with Gasteiger partial charge in [-0.15, -0.1) is 0 Å². The van der Waals surface area contributed by atoms with Crippen LogP contribution in [0.3, 0.4) is 0 Å². The first-order valence-electron chi connectivity index (χ1n) is 7.02. The number of benzene rings is 2. The summed E-state index contributed by atoms with van der Waals surface area (Å²) in [5.41, 5.74) is 1.69. The van der Waals surface area contributed by atoms with E-state index in [4.69, 9.17) is 9.47 Å². The van der Waals surface area contributed by atoms with Crippen LogP contribution in [0.4, 0.5) is 5.69 Å². The molecule has 1 saturated heterocycles. The maximum absolute atomic E-state index is 12.1. The molecule has 2 aliphatic heterocycles. The molecular formula is C17H12N2O3S.